The summed E-state index contributed by atoms with van der Waals surface area (Å²) in [5, 5.41) is 4.28. The van der Waals surface area contributed by atoms with Crippen molar-refractivity contribution in [3.63, 3.8) is 0 Å². The van der Waals surface area contributed by atoms with Gasteiger partial charge in [0.2, 0.25) is 5.91 Å². The molecule has 3 N–H and O–H groups in total. The number of hydrogen-bond donors (Lipinski definition) is 2. The Bertz CT molecular complexity index is 775. The third-order valence-electron chi connectivity index (χ3n) is 4.13. The Kier molecular flexibility index (Phi) is 3.64. The van der Waals surface area contributed by atoms with Gasteiger partial charge in [0, 0.05) is 28.7 Å². The number of amides is 1. The number of nitrogen functional groups attached to an aromatic ring is 1. The van der Waals surface area contributed by atoms with Crippen LogP contribution in [-0.2, 0) is 4.79 Å². The fourth-order valence-electron chi connectivity index (χ4n) is 2.80. The molecule has 1 aromatic heterocycles. The average molecular weight is 299 g/mol. The van der Waals surface area contributed by atoms with Crippen molar-refractivity contribution in [3.05, 3.63) is 40.8 Å². The summed E-state index contributed by atoms with van der Waals surface area (Å²) < 4.78 is 1.53. The molecule has 1 fully saturated rings. The summed E-state index contributed by atoms with van der Waals surface area (Å²) in [5.74, 6) is -0.0576. The molecule has 0 bridgehead atoms. The summed E-state index contributed by atoms with van der Waals surface area (Å²) in [4.78, 5) is 25.3. The number of nitrogens with zero attached hydrogens (tertiary/aromatic N) is 1. The molecule has 1 unspecified atom stereocenters. The Hall–Kier alpha value is -2.30. The van der Waals surface area contributed by atoms with E-state index in [1.807, 2.05) is 19.9 Å². The zero-order valence-corrected chi connectivity index (χ0v) is 12.9. The van der Waals surface area contributed by atoms with Gasteiger partial charge < -0.3 is 15.6 Å². The first kappa shape index (κ1) is 14.6. The number of hydrogen-bond acceptors (Lipinski definition) is 3. The Labute approximate surface area is 129 Å². The molecule has 1 aromatic carbocycles. The van der Waals surface area contributed by atoms with Crippen molar-refractivity contribution in [3.8, 4) is 0 Å². The van der Waals surface area contributed by atoms with Gasteiger partial charge >= 0.3 is 0 Å². The van der Waals surface area contributed by atoms with Crippen molar-refractivity contribution in [1.29, 1.82) is 0 Å². The molecule has 1 aliphatic carbocycles. The van der Waals surface area contributed by atoms with Crippen LogP contribution in [0.15, 0.2) is 35.3 Å². The minimum Gasteiger partial charge on any atom is -0.398 e. The van der Waals surface area contributed by atoms with E-state index in [4.69, 9.17) is 5.73 Å². The molecule has 0 saturated heterocycles. The zero-order valence-electron chi connectivity index (χ0n) is 12.9. The second kappa shape index (κ2) is 5.48. The molecule has 1 atom stereocenters. The van der Waals surface area contributed by atoms with Crippen LogP contribution < -0.4 is 16.6 Å². The van der Waals surface area contributed by atoms with Crippen LogP contribution in [0.3, 0.4) is 0 Å². The SMILES string of the molecule is CC(C)C(C(=O)NC1CC1)n1ccc2c(N)cccc2c1=O. The number of fused-ring (bicyclic) bond motifs is 1. The van der Waals surface area contributed by atoms with E-state index in [-0.39, 0.29) is 23.4 Å². The minimum absolute atomic E-state index is 0.0231. The smallest absolute Gasteiger partial charge is 0.259 e. The molecular formula is C17H21N3O2. The second-order valence-electron chi connectivity index (χ2n) is 6.31. The van der Waals surface area contributed by atoms with E-state index in [0.717, 1.165) is 18.2 Å². The minimum atomic E-state index is -0.501. The van der Waals surface area contributed by atoms with E-state index < -0.39 is 6.04 Å². The summed E-state index contributed by atoms with van der Waals surface area (Å²) in [7, 11) is 0. The fraction of sp³-hybridized carbons (Fsp3) is 0.412. The highest BCUT2D eigenvalue weighted by Gasteiger charge is 2.30. The lowest BCUT2D eigenvalue weighted by atomic mass is 10.0. The number of pyridine rings is 1. The molecule has 5 heteroatoms. The number of nitrogens with one attached hydrogen (secondary N) is 1. The lowest BCUT2D eigenvalue weighted by molar-refractivity contribution is -0.125. The van der Waals surface area contributed by atoms with Crippen LogP contribution >= 0.6 is 0 Å². The van der Waals surface area contributed by atoms with Gasteiger partial charge in [-0.15, -0.1) is 0 Å². The van der Waals surface area contributed by atoms with Gasteiger partial charge in [0.15, 0.2) is 0 Å². The van der Waals surface area contributed by atoms with Crippen LogP contribution in [0.2, 0.25) is 0 Å². The van der Waals surface area contributed by atoms with Crippen molar-refractivity contribution in [2.75, 3.05) is 5.73 Å². The molecule has 1 amide bonds. The maximum absolute atomic E-state index is 12.8. The number of carbonyl (C=O) groups excluding carboxylic acids is 1. The molecule has 116 valence electrons. The topological polar surface area (TPSA) is 77.1 Å². The Balaban J connectivity index is 2.07. The van der Waals surface area contributed by atoms with Crippen LogP contribution in [0.1, 0.15) is 32.7 Å². The Morgan fingerprint density at radius 1 is 1.27 bits per heavy atom. The van der Waals surface area contributed by atoms with Gasteiger partial charge in [0.25, 0.3) is 5.56 Å². The number of benzene rings is 1. The Morgan fingerprint density at radius 3 is 2.64 bits per heavy atom. The predicted octanol–water partition coefficient (Wildman–Crippen LogP) is 2.06. The van der Waals surface area contributed by atoms with Crippen molar-refractivity contribution >= 4 is 22.4 Å². The maximum Gasteiger partial charge on any atom is 0.259 e. The second-order valence-corrected chi connectivity index (χ2v) is 6.31. The number of aromatic nitrogens is 1. The third kappa shape index (κ3) is 2.58. The monoisotopic (exact) mass is 299 g/mol. The van der Waals surface area contributed by atoms with E-state index in [1.165, 1.54) is 4.57 Å². The highest BCUT2D eigenvalue weighted by molar-refractivity contribution is 5.92. The number of anilines is 1. The molecule has 22 heavy (non-hydrogen) atoms. The lowest BCUT2D eigenvalue weighted by Crippen LogP contribution is -2.40. The third-order valence-corrected chi connectivity index (χ3v) is 4.13. The van der Waals surface area contributed by atoms with E-state index >= 15 is 0 Å². The van der Waals surface area contributed by atoms with Gasteiger partial charge in [-0.3, -0.25) is 9.59 Å². The average Bonchev–Trinajstić information content (AvgIpc) is 3.26. The maximum atomic E-state index is 12.8. The van der Waals surface area contributed by atoms with Crippen LogP contribution in [0.25, 0.3) is 10.8 Å². The van der Waals surface area contributed by atoms with Crippen LogP contribution in [0.4, 0.5) is 5.69 Å². The van der Waals surface area contributed by atoms with Gasteiger partial charge in [0.1, 0.15) is 6.04 Å². The number of carbonyl (C=O) groups is 1. The zero-order chi connectivity index (χ0) is 15.9. The molecule has 5 nitrogen and oxygen atoms in total. The highest BCUT2D eigenvalue weighted by atomic mass is 16.2. The van der Waals surface area contributed by atoms with Crippen LogP contribution in [-0.4, -0.2) is 16.5 Å². The van der Waals surface area contributed by atoms with Crippen molar-refractivity contribution in [2.45, 2.75) is 38.8 Å². The van der Waals surface area contributed by atoms with Crippen LogP contribution in [0.5, 0.6) is 0 Å². The quantitative estimate of drug-likeness (QED) is 0.848. The van der Waals surface area contributed by atoms with Gasteiger partial charge in [-0.1, -0.05) is 19.9 Å². The standard InChI is InChI=1S/C17H21N3O2/c1-10(2)15(16(21)19-11-6-7-11)20-9-8-12-13(17(20)22)4-3-5-14(12)18/h3-5,8-11,15H,6-7,18H2,1-2H3,(H,19,21). The first-order valence-corrected chi connectivity index (χ1v) is 7.68. The first-order valence-electron chi connectivity index (χ1n) is 7.68. The van der Waals surface area contributed by atoms with E-state index in [1.54, 1.807) is 24.4 Å². The predicted molar refractivity (Wildman–Crippen MR) is 87.7 cm³/mol. The van der Waals surface area contributed by atoms with E-state index in [2.05, 4.69) is 5.32 Å². The number of nitrogens with two attached hydrogens (primary N) is 1. The largest absolute Gasteiger partial charge is 0.398 e. The molecule has 0 spiro atoms. The van der Waals surface area contributed by atoms with Crippen LogP contribution in [0, 0.1) is 5.92 Å². The van der Waals surface area contributed by atoms with Crippen molar-refractivity contribution in [2.24, 2.45) is 5.92 Å². The molecular weight excluding hydrogens is 278 g/mol. The van der Waals surface area contributed by atoms with E-state index in [0.29, 0.717) is 11.1 Å². The highest BCUT2D eigenvalue weighted by Crippen LogP contribution is 2.24. The fourth-order valence-corrected chi connectivity index (χ4v) is 2.80. The number of rotatable bonds is 4. The van der Waals surface area contributed by atoms with Crippen molar-refractivity contribution in [1.82, 2.24) is 9.88 Å². The summed E-state index contributed by atoms with van der Waals surface area (Å²) in [5.41, 5.74) is 6.32. The van der Waals surface area contributed by atoms with Gasteiger partial charge in [-0.25, -0.2) is 0 Å². The molecule has 1 heterocycles. The Morgan fingerprint density at radius 2 is 2.00 bits per heavy atom. The summed E-state index contributed by atoms with van der Waals surface area (Å²) in [6, 6.07) is 6.87. The van der Waals surface area contributed by atoms with Crippen molar-refractivity contribution < 1.29 is 4.79 Å². The lowest BCUT2D eigenvalue weighted by Gasteiger charge is -2.23. The first-order chi connectivity index (χ1) is 10.5. The molecule has 1 aliphatic rings. The summed E-state index contributed by atoms with van der Waals surface area (Å²) >= 11 is 0. The van der Waals surface area contributed by atoms with Gasteiger partial charge in [-0.05, 0) is 37.0 Å². The molecule has 0 radical (unpaired) electrons. The molecule has 0 aliphatic heterocycles. The molecule has 1 saturated carbocycles. The van der Waals surface area contributed by atoms with Gasteiger partial charge in [0.05, 0.1) is 0 Å². The summed E-state index contributed by atoms with van der Waals surface area (Å²) in [6.07, 6.45) is 3.73. The normalized spacial score (nSPS) is 16.0. The summed E-state index contributed by atoms with van der Waals surface area (Å²) in [6.45, 7) is 3.90. The molecule has 3 rings (SSSR count). The molecule has 2 aromatic rings. The van der Waals surface area contributed by atoms with E-state index in [9.17, 15) is 9.59 Å². The van der Waals surface area contributed by atoms with Gasteiger partial charge in [-0.2, -0.15) is 0 Å².